The highest BCUT2D eigenvalue weighted by Gasteiger charge is 2.36. The van der Waals surface area contributed by atoms with Crippen molar-refractivity contribution in [3.05, 3.63) is 29.5 Å². The second kappa shape index (κ2) is 4.66. The predicted molar refractivity (Wildman–Crippen MR) is 73.2 cm³/mol. The van der Waals surface area contributed by atoms with Gasteiger partial charge in [0, 0.05) is 31.2 Å². The van der Waals surface area contributed by atoms with Gasteiger partial charge in [-0.2, -0.15) is 0 Å². The average Bonchev–Trinajstić information content (AvgIpc) is 2.75. The van der Waals surface area contributed by atoms with Crippen molar-refractivity contribution in [1.82, 2.24) is 10.3 Å². The van der Waals surface area contributed by atoms with Crippen molar-refractivity contribution in [1.29, 1.82) is 0 Å². The van der Waals surface area contributed by atoms with Gasteiger partial charge in [-0.3, -0.25) is 0 Å². The number of anilines is 1. The number of carboxylic acids is 1. The summed E-state index contributed by atoms with van der Waals surface area (Å²) in [4.78, 5) is 17.5. The highest BCUT2D eigenvalue weighted by atomic mass is 16.4. The maximum Gasteiger partial charge on any atom is 0.328 e. The predicted octanol–water partition coefficient (Wildman–Crippen LogP) is 0.902. The van der Waals surface area contributed by atoms with Gasteiger partial charge in [0.1, 0.15) is 5.82 Å². The van der Waals surface area contributed by atoms with Crippen LogP contribution < -0.4 is 10.2 Å². The minimum atomic E-state index is -0.948. The number of piperazine rings is 1. The molecule has 2 aliphatic rings. The van der Waals surface area contributed by atoms with Gasteiger partial charge in [0.25, 0.3) is 0 Å². The number of carbonyl (C=O) groups is 1. The molecular formula is C14H17N3O2. The molecule has 5 nitrogen and oxygen atoms in total. The van der Waals surface area contributed by atoms with E-state index in [2.05, 4.69) is 28.2 Å². The number of fused-ring (bicyclic) bond motifs is 3. The number of pyridine rings is 1. The first-order valence-electron chi connectivity index (χ1n) is 6.55. The maximum absolute atomic E-state index is 10.6. The Kier molecular flexibility index (Phi) is 2.98. The zero-order valence-corrected chi connectivity index (χ0v) is 10.8. The lowest BCUT2D eigenvalue weighted by Crippen LogP contribution is -2.55. The molecule has 2 aliphatic heterocycles. The number of nitrogens with one attached hydrogen (secondary N) is 1. The summed E-state index contributed by atoms with van der Waals surface area (Å²) in [5.74, 6) is 0.0715. The third-order valence-electron chi connectivity index (χ3n) is 3.76. The first-order chi connectivity index (χ1) is 9.15. The molecule has 0 unspecified atom stereocenters. The first-order valence-corrected chi connectivity index (χ1v) is 6.55. The number of aliphatic carboxylic acids is 1. The molecule has 1 fully saturated rings. The van der Waals surface area contributed by atoms with Crippen LogP contribution in [-0.4, -0.2) is 41.2 Å². The molecule has 19 heavy (non-hydrogen) atoms. The monoisotopic (exact) mass is 259 g/mol. The lowest BCUT2D eigenvalue weighted by atomic mass is 10.1. The van der Waals surface area contributed by atoms with E-state index in [9.17, 15) is 4.79 Å². The van der Waals surface area contributed by atoms with E-state index in [1.807, 2.05) is 6.07 Å². The second-order valence-corrected chi connectivity index (χ2v) is 5.16. The van der Waals surface area contributed by atoms with E-state index in [-0.39, 0.29) is 0 Å². The summed E-state index contributed by atoms with van der Waals surface area (Å²) in [6.07, 6.45) is 3.69. The van der Waals surface area contributed by atoms with Crippen LogP contribution >= 0.6 is 0 Å². The summed E-state index contributed by atoms with van der Waals surface area (Å²) in [6.45, 7) is 4.14. The Morgan fingerprint density at radius 1 is 1.53 bits per heavy atom. The quantitative estimate of drug-likeness (QED) is 0.773. The number of hydrogen-bond acceptors (Lipinski definition) is 4. The van der Waals surface area contributed by atoms with Crippen molar-refractivity contribution >= 4 is 17.9 Å². The van der Waals surface area contributed by atoms with Gasteiger partial charge in [-0.15, -0.1) is 0 Å². The Bertz CT molecular complexity index is 541. The van der Waals surface area contributed by atoms with Crippen molar-refractivity contribution in [2.75, 3.05) is 18.0 Å². The van der Waals surface area contributed by atoms with Gasteiger partial charge in [0.05, 0.1) is 5.69 Å². The number of aromatic nitrogens is 1. The van der Waals surface area contributed by atoms with Gasteiger partial charge in [-0.1, -0.05) is 6.07 Å². The molecule has 0 bridgehead atoms. The lowest BCUT2D eigenvalue weighted by Gasteiger charge is -2.37. The molecular weight excluding hydrogens is 242 g/mol. The topological polar surface area (TPSA) is 65.5 Å². The number of rotatable bonds is 2. The largest absolute Gasteiger partial charge is 0.478 e. The van der Waals surface area contributed by atoms with Gasteiger partial charge in [0.15, 0.2) is 0 Å². The van der Waals surface area contributed by atoms with Crippen LogP contribution in [0.2, 0.25) is 0 Å². The first kappa shape index (κ1) is 12.2. The van der Waals surface area contributed by atoms with Crippen molar-refractivity contribution in [2.45, 2.75) is 25.4 Å². The standard InChI is InChI=1S/C14H17N3O2/c1-9-7-15-8-12-6-10-2-3-11(4-5-13(18)19)16-14(10)17(9)12/h2-5,9,12,15H,6-8H2,1H3,(H,18,19)/t9-,12-/m1/s1. The van der Waals surface area contributed by atoms with Crippen LogP contribution in [0, 0.1) is 0 Å². The van der Waals surface area contributed by atoms with Gasteiger partial charge in [-0.25, -0.2) is 9.78 Å². The lowest BCUT2D eigenvalue weighted by molar-refractivity contribution is -0.131. The van der Waals surface area contributed by atoms with Crippen molar-refractivity contribution in [2.24, 2.45) is 0 Å². The molecule has 2 atom stereocenters. The molecule has 0 saturated carbocycles. The summed E-state index contributed by atoms with van der Waals surface area (Å²) < 4.78 is 0. The van der Waals surface area contributed by atoms with Gasteiger partial charge >= 0.3 is 5.97 Å². The Hall–Kier alpha value is -1.88. The van der Waals surface area contributed by atoms with E-state index >= 15 is 0 Å². The van der Waals surface area contributed by atoms with E-state index < -0.39 is 5.97 Å². The van der Waals surface area contributed by atoms with Crippen molar-refractivity contribution in [3.63, 3.8) is 0 Å². The fourth-order valence-electron chi connectivity index (χ4n) is 2.95. The molecule has 0 aliphatic carbocycles. The van der Waals surface area contributed by atoms with Crippen LogP contribution in [0.25, 0.3) is 6.08 Å². The van der Waals surface area contributed by atoms with Crippen LogP contribution in [0.3, 0.4) is 0 Å². The molecule has 1 aromatic rings. The average molecular weight is 259 g/mol. The normalized spacial score (nSPS) is 25.4. The van der Waals surface area contributed by atoms with E-state index in [0.717, 1.165) is 31.4 Å². The molecule has 0 spiro atoms. The van der Waals surface area contributed by atoms with Crippen LogP contribution in [0.15, 0.2) is 18.2 Å². The maximum atomic E-state index is 10.6. The summed E-state index contributed by atoms with van der Waals surface area (Å²) in [5, 5.41) is 12.1. The third kappa shape index (κ3) is 2.21. The minimum Gasteiger partial charge on any atom is -0.478 e. The fraction of sp³-hybridized carbons (Fsp3) is 0.429. The van der Waals surface area contributed by atoms with Crippen LogP contribution in [0.5, 0.6) is 0 Å². The van der Waals surface area contributed by atoms with Gasteiger partial charge in [-0.05, 0) is 31.1 Å². The molecule has 2 N–H and O–H groups in total. The zero-order valence-electron chi connectivity index (χ0n) is 10.8. The summed E-state index contributed by atoms with van der Waals surface area (Å²) in [6, 6.07) is 4.85. The van der Waals surface area contributed by atoms with Gasteiger partial charge < -0.3 is 15.3 Å². The number of nitrogens with zero attached hydrogens (tertiary/aromatic N) is 2. The number of carboxylic acid groups (broad SMARTS) is 1. The van der Waals surface area contributed by atoms with Crippen LogP contribution in [0.4, 0.5) is 5.82 Å². The van der Waals surface area contributed by atoms with Crippen molar-refractivity contribution < 1.29 is 9.90 Å². The molecule has 1 aromatic heterocycles. The van der Waals surface area contributed by atoms with E-state index in [4.69, 9.17) is 5.11 Å². The summed E-state index contributed by atoms with van der Waals surface area (Å²) in [7, 11) is 0. The molecule has 3 heterocycles. The Labute approximate surface area is 111 Å². The van der Waals surface area contributed by atoms with E-state index in [1.165, 1.54) is 5.56 Å². The van der Waals surface area contributed by atoms with E-state index in [0.29, 0.717) is 17.8 Å². The van der Waals surface area contributed by atoms with Crippen LogP contribution in [0.1, 0.15) is 18.2 Å². The molecule has 0 amide bonds. The third-order valence-corrected chi connectivity index (χ3v) is 3.76. The fourth-order valence-corrected chi connectivity index (χ4v) is 2.95. The van der Waals surface area contributed by atoms with Gasteiger partial charge in [0.2, 0.25) is 0 Å². The van der Waals surface area contributed by atoms with E-state index in [1.54, 1.807) is 6.08 Å². The van der Waals surface area contributed by atoms with Crippen LogP contribution in [-0.2, 0) is 11.2 Å². The second-order valence-electron chi connectivity index (χ2n) is 5.16. The molecule has 5 heteroatoms. The molecule has 0 aromatic carbocycles. The SMILES string of the molecule is C[C@@H]1CNC[C@H]2Cc3ccc(C=CC(=O)O)nc3N21. The molecule has 100 valence electrons. The molecule has 3 rings (SSSR count). The summed E-state index contributed by atoms with van der Waals surface area (Å²) >= 11 is 0. The molecule has 1 saturated heterocycles. The Morgan fingerprint density at radius 3 is 3.16 bits per heavy atom. The Morgan fingerprint density at radius 2 is 2.37 bits per heavy atom. The minimum absolute atomic E-state index is 0.422. The zero-order chi connectivity index (χ0) is 13.4. The highest BCUT2D eigenvalue weighted by Crippen LogP contribution is 2.33. The Balaban J connectivity index is 1.93. The van der Waals surface area contributed by atoms with Crippen molar-refractivity contribution in [3.8, 4) is 0 Å². The smallest absolute Gasteiger partial charge is 0.328 e. The summed E-state index contributed by atoms with van der Waals surface area (Å²) in [5.41, 5.74) is 1.96. The highest BCUT2D eigenvalue weighted by molar-refractivity contribution is 5.85. The molecule has 0 radical (unpaired) electrons. The number of hydrogen-bond donors (Lipinski definition) is 2.